The van der Waals surface area contributed by atoms with E-state index in [-0.39, 0.29) is 11.7 Å². The molecule has 3 aromatic heterocycles. The van der Waals surface area contributed by atoms with Crippen LogP contribution in [0.25, 0.3) is 5.78 Å². The van der Waals surface area contributed by atoms with E-state index in [9.17, 15) is 13.2 Å². The van der Waals surface area contributed by atoms with Crippen LogP contribution in [-0.4, -0.2) is 37.4 Å². The van der Waals surface area contributed by atoms with Crippen LogP contribution >= 0.6 is 0 Å². The number of nitrogens with zero attached hydrogens (tertiary/aromatic N) is 6. The van der Waals surface area contributed by atoms with Crippen LogP contribution in [0.1, 0.15) is 30.1 Å². The predicted octanol–water partition coefficient (Wildman–Crippen LogP) is 2.92. The van der Waals surface area contributed by atoms with Crippen molar-refractivity contribution in [3.05, 3.63) is 48.3 Å². The molecule has 0 bridgehead atoms. The van der Waals surface area contributed by atoms with Crippen LogP contribution in [0.2, 0.25) is 0 Å². The zero-order chi connectivity index (χ0) is 17.4. The first-order valence-electron chi connectivity index (χ1n) is 7.95. The highest BCUT2D eigenvalue weighted by Gasteiger charge is 2.35. The van der Waals surface area contributed by atoms with Gasteiger partial charge in [0, 0.05) is 49.5 Å². The number of hydrogen-bond acceptors (Lipinski definition) is 5. The van der Waals surface area contributed by atoms with Crippen molar-refractivity contribution in [3.63, 3.8) is 0 Å². The lowest BCUT2D eigenvalue weighted by molar-refractivity contribution is -0.141. The van der Waals surface area contributed by atoms with Gasteiger partial charge in [0.2, 0.25) is 11.7 Å². The average molecular weight is 348 g/mol. The first-order chi connectivity index (χ1) is 12.0. The number of fused-ring (bicyclic) bond motifs is 1. The van der Waals surface area contributed by atoms with E-state index in [0.717, 1.165) is 25.5 Å². The van der Waals surface area contributed by atoms with Gasteiger partial charge in [-0.1, -0.05) is 0 Å². The summed E-state index contributed by atoms with van der Waals surface area (Å²) in [5.74, 6) is 0.579. The molecule has 130 valence electrons. The number of anilines is 1. The lowest BCUT2D eigenvalue weighted by Crippen LogP contribution is -2.36. The Labute approximate surface area is 141 Å². The molecule has 0 N–H and O–H groups in total. The van der Waals surface area contributed by atoms with Crippen molar-refractivity contribution < 1.29 is 13.2 Å². The molecule has 0 saturated carbocycles. The Morgan fingerprint density at radius 1 is 1.08 bits per heavy atom. The van der Waals surface area contributed by atoms with E-state index in [1.807, 2.05) is 4.90 Å². The van der Waals surface area contributed by atoms with E-state index in [1.165, 1.54) is 6.20 Å². The molecule has 1 fully saturated rings. The Bertz CT molecular complexity index is 876. The number of alkyl halides is 3. The van der Waals surface area contributed by atoms with Gasteiger partial charge in [0.25, 0.3) is 0 Å². The van der Waals surface area contributed by atoms with Crippen LogP contribution in [0.15, 0.2) is 36.9 Å². The molecule has 1 atom stereocenters. The van der Waals surface area contributed by atoms with E-state index in [4.69, 9.17) is 0 Å². The minimum Gasteiger partial charge on any atom is -0.340 e. The number of imidazole rings is 1. The van der Waals surface area contributed by atoms with Crippen LogP contribution in [0.5, 0.6) is 0 Å². The molecule has 4 heterocycles. The van der Waals surface area contributed by atoms with Crippen molar-refractivity contribution in [2.75, 3.05) is 18.0 Å². The molecule has 1 aliphatic heterocycles. The van der Waals surface area contributed by atoms with Gasteiger partial charge >= 0.3 is 6.18 Å². The van der Waals surface area contributed by atoms with Gasteiger partial charge in [-0.3, -0.25) is 4.40 Å². The number of rotatable bonds is 2. The largest absolute Gasteiger partial charge is 0.433 e. The number of halogens is 3. The molecule has 1 aliphatic rings. The fourth-order valence-electron chi connectivity index (χ4n) is 3.24. The molecule has 6 nitrogen and oxygen atoms in total. The summed E-state index contributed by atoms with van der Waals surface area (Å²) in [7, 11) is 0. The number of aromatic nitrogens is 5. The Kier molecular flexibility index (Phi) is 3.78. The smallest absolute Gasteiger partial charge is 0.340 e. The molecule has 0 aliphatic carbocycles. The molecule has 0 unspecified atom stereocenters. The highest BCUT2D eigenvalue weighted by atomic mass is 19.4. The van der Waals surface area contributed by atoms with E-state index in [1.54, 1.807) is 29.1 Å². The maximum absolute atomic E-state index is 13.2. The maximum atomic E-state index is 13.2. The molecule has 25 heavy (non-hydrogen) atoms. The zero-order valence-electron chi connectivity index (χ0n) is 13.2. The minimum atomic E-state index is -4.50. The summed E-state index contributed by atoms with van der Waals surface area (Å²) in [5, 5.41) is 0. The summed E-state index contributed by atoms with van der Waals surface area (Å²) in [4.78, 5) is 18.1. The lowest BCUT2D eigenvalue weighted by atomic mass is 9.94. The highest BCUT2D eigenvalue weighted by molar-refractivity contribution is 5.37. The summed E-state index contributed by atoms with van der Waals surface area (Å²) in [6.45, 7) is 1.34. The standard InChI is InChI=1S/C16H15F3N6/c17-16(18,19)13-9-12(25-8-6-22-15(25)23-13)11-3-1-7-24(10-11)14-20-4-2-5-21-14/h2,4-6,8-9,11H,1,3,7,10H2/t11-/m0/s1. The SMILES string of the molecule is FC(F)(F)c1cc([C@H]2CCCN(c3ncccn3)C2)n2ccnc2n1. The van der Waals surface area contributed by atoms with Crippen LogP contribution in [0.4, 0.5) is 19.1 Å². The predicted molar refractivity (Wildman–Crippen MR) is 84.2 cm³/mol. The van der Waals surface area contributed by atoms with E-state index < -0.39 is 11.9 Å². The van der Waals surface area contributed by atoms with Crippen molar-refractivity contribution >= 4 is 11.7 Å². The van der Waals surface area contributed by atoms with Crippen molar-refractivity contribution in [2.45, 2.75) is 24.9 Å². The van der Waals surface area contributed by atoms with E-state index in [0.29, 0.717) is 18.2 Å². The van der Waals surface area contributed by atoms with Crippen LogP contribution in [0, 0.1) is 0 Å². The van der Waals surface area contributed by atoms with Gasteiger partial charge in [0.05, 0.1) is 0 Å². The van der Waals surface area contributed by atoms with Gasteiger partial charge in [-0.25, -0.2) is 19.9 Å². The first-order valence-corrected chi connectivity index (χ1v) is 7.95. The van der Waals surface area contributed by atoms with Crippen molar-refractivity contribution in [2.24, 2.45) is 0 Å². The Hall–Kier alpha value is -2.71. The second-order valence-corrected chi connectivity index (χ2v) is 6.00. The van der Waals surface area contributed by atoms with Gasteiger partial charge in [-0.05, 0) is 25.0 Å². The minimum absolute atomic E-state index is 0.0675. The van der Waals surface area contributed by atoms with Gasteiger partial charge in [-0.2, -0.15) is 13.2 Å². The molecule has 9 heteroatoms. The second-order valence-electron chi connectivity index (χ2n) is 6.00. The molecule has 0 aromatic carbocycles. The quantitative estimate of drug-likeness (QED) is 0.713. The van der Waals surface area contributed by atoms with Crippen LogP contribution < -0.4 is 4.90 Å². The van der Waals surface area contributed by atoms with Gasteiger partial charge < -0.3 is 4.90 Å². The Balaban J connectivity index is 1.72. The molecule has 3 aromatic rings. The average Bonchev–Trinajstić information content (AvgIpc) is 3.10. The van der Waals surface area contributed by atoms with E-state index >= 15 is 0 Å². The zero-order valence-corrected chi connectivity index (χ0v) is 13.2. The molecule has 4 rings (SSSR count). The molecular formula is C16H15F3N6. The first kappa shape index (κ1) is 15.8. The molecule has 1 saturated heterocycles. The van der Waals surface area contributed by atoms with Crippen LogP contribution in [0.3, 0.4) is 0 Å². The third kappa shape index (κ3) is 3.01. The van der Waals surface area contributed by atoms with Crippen molar-refractivity contribution in [1.82, 2.24) is 24.3 Å². The number of piperidine rings is 1. The van der Waals surface area contributed by atoms with Crippen LogP contribution in [-0.2, 0) is 6.18 Å². The lowest BCUT2D eigenvalue weighted by Gasteiger charge is -2.33. The maximum Gasteiger partial charge on any atom is 0.433 e. The van der Waals surface area contributed by atoms with Gasteiger partial charge in [-0.15, -0.1) is 0 Å². The third-order valence-electron chi connectivity index (χ3n) is 4.37. The summed E-state index contributed by atoms with van der Waals surface area (Å²) >= 11 is 0. The van der Waals surface area contributed by atoms with E-state index in [2.05, 4.69) is 19.9 Å². The summed E-state index contributed by atoms with van der Waals surface area (Å²) < 4.78 is 41.2. The fourth-order valence-corrected chi connectivity index (χ4v) is 3.24. The third-order valence-corrected chi connectivity index (χ3v) is 4.37. The monoisotopic (exact) mass is 348 g/mol. The Morgan fingerprint density at radius 2 is 1.88 bits per heavy atom. The summed E-state index contributed by atoms with van der Waals surface area (Å²) in [6.07, 6.45) is 3.57. The summed E-state index contributed by atoms with van der Waals surface area (Å²) in [5.41, 5.74) is -0.343. The normalized spacial score (nSPS) is 18.7. The summed E-state index contributed by atoms with van der Waals surface area (Å²) in [6, 6.07) is 2.87. The molecule has 0 spiro atoms. The second kappa shape index (κ2) is 5.98. The molecule has 0 radical (unpaired) electrons. The molecule has 0 amide bonds. The topological polar surface area (TPSA) is 59.2 Å². The molecular weight excluding hydrogens is 333 g/mol. The van der Waals surface area contributed by atoms with Gasteiger partial charge in [0.1, 0.15) is 5.69 Å². The van der Waals surface area contributed by atoms with Crippen molar-refractivity contribution in [1.29, 1.82) is 0 Å². The Morgan fingerprint density at radius 3 is 2.64 bits per heavy atom. The van der Waals surface area contributed by atoms with Gasteiger partial charge in [0.15, 0.2) is 0 Å². The number of hydrogen-bond donors (Lipinski definition) is 0. The van der Waals surface area contributed by atoms with Crippen molar-refractivity contribution in [3.8, 4) is 0 Å². The fraction of sp³-hybridized carbons (Fsp3) is 0.375. The highest BCUT2D eigenvalue weighted by Crippen LogP contribution is 2.33.